The summed E-state index contributed by atoms with van der Waals surface area (Å²) in [4.78, 5) is 6.80. The topological polar surface area (TPSA) is 37.4 Å². The van der Waals surface area contributed by atoms with Crippen molar-refractivity contribution in [2.24, 2.45) is 0 Å². The summed E-state index contributed by atoms with van der Waals surface area (Å²) in [6.07, 6.45) is 4.50. The molecule has 4 heteroatoms. The van der Waals surface area contributed by atoms with Crippen molar-refractivity contribution in [1.82, 2.24) is 10.3 Å². The number of rotatable bonds is 4. The molecule has 2 heterocycles. The third-order valence-electron chi connectivity index (χ3n) is 3.29. The quantitative estimate of drug-likeness (QED) is 0.856. The van der Waals surface area contributed by atoms with E-state index in [2.05, 4.69) is 27.3 Å². The van der Waals surface area contributed by atoms with E-state index in [1.165, 1.54) is 5.56 Å². The van der Waals surface area contributed by atoms with Crippen molar-refractivity contribution in [1.29, 1.82) is 0 Å². The maximum Gasteiger partial charge on any atom is 0.128 e. The van der Waals surface area contributed by atoms with Crippen LogP contribution in [0.25, 0.3) is 0 Å². The lowest BCUT2D eigenvalue weighted by atomic mass is 10.1. The summed E-state index contributed by atoms with van der Waals surface area (Å²) in [7, 11) is 3.76. The van der Waals surface area contributed by atoms with Gasteiger partial charge in [0.2, 0.25) is 0 Å². The van der Waals surface area contributed by atoms with E-state index in [0.717, 1.165) is 38.3 Å². The van der Waals surface area contributed by atoms with Gasteiger partial charge in [-0.25, -0.2) is 4.98 Å². The lowest BCUT2D eigenvalue weighted by molar-refractivity contribution is 0.0818. The van der Waals surface area contributed by atoms with Crippen LogP contribution in [0, 0.1) is 0 Å². The maximum absolute atomic E-state index is 5.38. The van der Waals surface area contributed by atoms with Crippen molar-refractivity contribution in [2.45, 2.75) is 25.5 Å². The monoisotopic (exact) mass is 235 g/mol. The first-order valence-corrected chi connectivity index (χ1v) is 6.20. The first kappa shape index (κ1) is 12.3. The average Bonchev–Trinajstić information content (AvgIpc) is 2.40. The molecule has 0 bridgehead atoms. The van der Waals surface area contributed by atoms with Gasteiger partial charge in [0.05, 0.1) is 6.10 Å². The average molecular weight is 235 g/mol. The molecule has 0 spiro atoms. The molecule has 2 rings (SSSR count). The predicted octanol–water partition coefficient (Wildman–Crippen LogP) is 1.42. The molecule has 1 aromatic rings. The molecule has 1 aliphatic rings. The molecule has 1 saturated heterocycles. The highest BCUT2D eigenvalue weighted by atomic mass is 16.5. The van der Waals surface area contributed by atoms with Crippen LogP contribution >= 0.6 is 0 Å². The molecule has 0 radical (unpaired) electrons. The van der Waals surface area contributed by atoms with E-state index in [1.807, 2.05) is 13.2 Å². The second-order valence-corrected chi connectivity index (χ2v) is 4.47. The largest absolute Gasteiger partial charge is 0.381 e. The van der Waals surface area contributed by atoms with Gasteiger partial charge >= 0.3 is 0 Å². The smallest absolute Gasteiger partial charge is 0.128 e. The Labute approximate surface area is 103 Å². The van der Waals surface area contributed by atoms with Gasteiger partial charge in [-0.15, -0.1) is 0 Å². The molecule has 0 unspecified atom stereocenters. The number of ether oxygens (including phenoxy) is 1. The Bertz CT molecular complexity index is 348. The third-order valence-corrected chi connectivity index (χ3v) is 3.29. The van der Waals surface area contributed by atoms with Crippen LogP contribution in [0.4, 0.5) is 5.82 Å². The number of hydrogen-bond acceptors (Lipinski definition) is 4. The zero-order valence-corrected chi connectivity index (χ0v) is 10.6. The summed E-state index contributed by atoms with van der Waals surface area (Å²) in [5, 5.41) is 3.16. The number of aromatic nitrogens is 1. The highest BCUT2D eigenvalue weighted by Gasteiger charge is 2.19. The van der Waals surface area contributed by atoms with E-state index in [-0.39, 0.29) is 0 Å². The van der Waals surface area contributed by atoms with Crippen LogP contribution in [-0.2, 0) is 11.3 Å². The number of pyridine rings is 1. The van der Waals surface area contributed by atoms with E-state index in [4.69, 9.17) is 4.74 Å². The van der Waals surface area contributed by atoms with Crippen LogP contribution < -0.4 is 10.2 Å². The molecule has 1 aliphatic heterocycles. The van der Waals surface area contributed by atoms with Gasteiger partial charge in [0.15, 0.2) is 0 Å². The van der Waals surface area contributed by atoms with Crippen molar-refractivity contribution < 1.29 is 4.74 Å². The summed E-state index contributed by atoms with van der Waals surface area (Å²) in [5.74, 6) is 1.09. The summed E-state index contributed by atoms with van der Waals surface area (Å²) in [6.45, 7) is 2.97. The number of hydrogen-bond donors (Lipinski definition) is 1. The van der Waals surface area contributed by atoms with Gasteiger partial charge in [-0.2, -0.15) is 0 Å². The Hall–Kier alpha value is -1.13. The number of nitrogens with one attached hydrogen (secondary N) is 1. The molecule has 0 aliphatic carbocycles. The molecule has 0 atom stereocenters. The van der Waals surface area contributed by atoms with Gasteiger partial charge in [0, 0.05) is 32.9 Å². The molecule has 1 N–H and O–H groups in total. The Morgan fingerprint density at radius 2 is 2.24 bits per heavy atom. The van der Waals surface area contributed by atoms with E-state index in [9.17, 15) is 0 Å². The molecule has 0 aromatic carbocycles. The second kappa shape index (κ2) is 5.98. The fourth-order valence-electron chi connectivity index (χ4n) is 2.27. The molecular formula is C13H21N3O. The fourth-order valence-corrected chi connectivity index (χ4v) is 2.27. The van der Waals surface area contributed by atoms with Crippen molar-refractivity contribution in [3.05, 3.63) is 23.9 Å². The summed E-state index contributed by atoms with van der Waals surface area (Å²) >= 11 is 0. The van der Waals surface area contributed by atoms with Crippen LogP contribution in [0.15, 0.2) is 18.3 Å². The van der Waals surface area contributed by atoms with Gasteiger partial charge in [0.1, 0.15) is 5.82 Å². The number of methoxy groups -OCH3 is 1. The first-order valence-electron chi connectivity index (χ1n) is 6.20. The zero-order valence-electron chi connectivity index (χ0n) is 10.6. The van der Waals surface area contributed by atoms with E-state index >= 15 is 0 Å². The number of nitrogens with zero attached hydrogens (tertiary/aromatic N) is 2. The van der Waals surface area contributed by atoms with Crippen LogP contribution in [0.2, 0.25) is 0 Å². The molecule has 0 amide bonds. The molecule has 0 saturated carbocycles. The number of anilines is 1. The van der Waals surface area contributed by atoms with E-state index in [1.54, 1.807) is 7.11 Å². The molecule has 17 heavy (non-hydrogen) atoms. The lowest BCUT2D eigenvalue weighted by Crippen LogP contribution is -2.37. The van der Waals surface area contributed by atoms with Crippen molar-refractivity contribution >= 4 is 5.82 Å². The van der Waals surface area contributed by atoms with Crippen molar-refractivity contribution in [3.8, 4) is 0 Å². The van der Waals surface area contributed by atoms with E-state index < -0.39 is 0 Å². The molecule has 1 fully saturated rings. The SMILES string of the molecule is CNCc1ccnc(N2CCC(OC)CC2)c1. The minimum atomic E-state index is 0.423. The fraction of sp³-hybridized carbons (Fsp3) is 0.615. The number of piperidine rings is 1. The summed E-state index contributed by atoms with van der Waals surface area (Å²) < 4.78 is 5.38. The highest BCUT2D eigenvalue weighted by molar-refractivity contribution is 5.41. The first-order chi connectivity index (χ1) is 8.33. The standard InChI is InChI=1S/C13H21N3O/c1-14-10-11-3-6-15-13(9-11)16-7-4-12(17-2)5-8-16/h3,6,9,12,14H,4-5,7-8,10H2,1-2H3. The molecule has 4 nitrogen and oxygen atoms in total. The van der Waals surface area contributed by atoms with Crippen LogP contribution in [0.5, 0.6) is 0 Å². The lowest BCUT2D eigenvalue weighted by Gasteiger charge is -2.32. The third kappa shape index (κ3) is 3.17. The Morgan fingerprint density at radius 3 is 2.88 bits per heavy atom. The predicted molar refractivity (Wildman–Crippen MR) is 69.2 cm³/mol. The van der Waals surface area contributed by atoms with Gasteiger partial charge in [0.25, 0.3) is 0 Å². The van der Waals surface area contributed by atoms with E-state index in [0.29, 0.717) is 6.10 Å². The summed E-state index contributed by atoms with van der Waals surface area (Å²) in [5.41, 5.74) is 1.28. The molecule has 1 aromatic heterocycles. The van der Waals surface area contributed by atoms with Crippen LogP contribution in [0.3, 0.4) is 0 Å². The van der Waals surface area contributed by atoms with Gasteiger partial charge < -0.3 is 15.0 Å². The van der Waals surface area contributed by atoms with Gasteiger partial charge in [-0.3, -0.25) is 0 Å². The Balaban J connectivity index is 2.00. The normalized spacial score (nSPS) is 17.4. The highest BCUT2D eigenvalue weighted by Crippen LogP contribution is 2.19. The van der Waals surface area contributed by atoms with Crippen molar-refractivity contribution in [2.75, 3.05) is 32.1 Å². The molecule has 94 valence electrons. The zero-order chi connectivity index (χ0) is 12.1. The Kier molecular flexibility index (Phi) is 4.34. The summed E-state index contributed by atoms with van der Waals surface area (Å²) in [6, 6.07) is 4.23. The van der Waals surface area contributed by atoms with Gasteiger partial charge in [-0.05, 0) is 37.6 Å². The second-order valence-electron chi connectivity index (χ2n) is 4.47. The van der Waals surface area contributed by atoms with Crippen LogP contribution in [0.1, 0.15) is 18.4 Å². The van der Waals surface area contributed by atoms with Gasteiger partial charge in [-0.1, -0.05) is 0 Å². The maximum atomic E-state index is 5.38. The molecular weight excluding hydrogens is 214 g/mol. The minimum absolute atomic E-state index is 0.423. The Morgan fingerprint density at radius 1 is 1.47 bits per heavy atom. The van der Waals surface area contributed by atoms with Crippen molar-refractivity contribution in [3.63, 3.8) is 0 Å². The minimum Gasteiger partial charge on any atom is -0.381 e. The van der Waals surface area contributed by atoms with Crippen LogP contribution in [-0.4, -0.2) is 38.3 Å².